The molecule has 1 heterocycles. The zero-order valence-corrected chi connectivity index (χ0v) is 13.8. The molecule has 1 aromatic carbocycles. The number of aliphatic imine (C=N–C) groups is 1. The summed E-state index contributed by atoms with van der Waals surface area (Å²) in [5.74, 6) is -0.108. The van der Waals surface area contributed by atoms with Gasteiger partial charge in [0, 0.05) is 48.9 Å². The van der Waals surface area contributed by atoms with Crippen LogP contribution in [0.4, 0.5) is 0 Å². The summed E-state index contributed by atoms with van der Waals surface area (Å²) >= 11 is 6.20. The highest BCUT2D eigenvalue weighted by Crippen LogP contribution is 2.36. The summed E-state index contributed by atoms with van der Waals surface area (Å²) < 4.78 is 0. The Morgan fingerprint density at radius 1 is 1.38 bits per heavy atom. The molecule has 124 valence electrons. The zero-order chi connectivity index (χ0) is 16.9. The van der Waals surface area contributed by atoms with Crippen LogP contribution in [-0.2, 0) is 11.2 Å². The smallest absolute Gasteiger partial charge is 0.168 e. The molecule has 0 fully saturated rings. The van der Waals surface area contributed by atoms with Crippen LogP contribution < -0.4 is 0 Å². The number of aliphatic hydroxyl groups excluding tert-OH is 1. The fourth-order valence-electron chi connectivity index (χ4n) is 2.85. The van der Waals surface area contributed by atoms with Gasteiger partial charge >= 0.3 is 0 Å². The first-order valence-electron chi connectivity index (χ1n) is 7.82. The van der Waals surface area contributed by atoms with E-state index in [1.165, 1.54) is 6.21 Å². The number of allylic oxidation sites excluding steroid dienone is 2. The van der Waals surface area contributed by atoms with Crippen molar-refractivity contribution in [3.63, 3.8) is 0 Å². The number of aromatic nitrogens is 2. The molecule has 1 unspecified atom stereocenters. The van der Waals surface area contributed by atoms with Crippen molar-refractivity contribution in [2.45, 2.75) is 25.2 Å². The Bertz CT molecular complexity index is 781. The SMILES string of the molecule is O=C1CC(c2ccccc2Cl)CC(O)=C1C=NCCc1cnc[nH]1. The third-order valence-corrected chi connectivity index (χ3v) is 4.46. The average Bonchev–Trinajstić information content (AvgIpc) is 3.07. The maximum Gasteiger partial charge on any atom is 0.168 e. The van der Waals surface area contributed by atoms with Crippen molar-refractivity contribution in [2.24, 2.45) is 4.99 Å². The first-order valence-corrected chi connectivity index (χ1v) is 8.19. The molecule has 5 nitrogen and oxygen atoms in total. The lowest BCUT2D eigenvalue weighted by Crippen LogP contribution is -2.19. The second-order valence-corrected chi connectivity index (χ2v) is 6.18. The Morgan fingerprint density at radius 3 is 2.92 bits per heavy atom. The fraction of sp³-hybridized carbons (Fsp3) is 0.278. The van der Waals surface area contributed by atoms with E-state index in [-0.39, 0.29) is 17.5 Å². The minimum Gasteiger partial charge on any atom is -0.511 e. The van der Waals surface area contributed by atoms with E-state index in [1.54, 1.807) is 18.6 Å². The van der Waals surface area contributed by atoms with Crippen LogP contribution in [0.25, 0.3) is 0 Å². The summed E-state index contributed by atoms with van der Waals surface area (Å²) in [5.41, 5.74) is 2.19. The Labute approximate surface area is 145 Å². The van der Waals surface area contributed by atoms with Gasteiger partial charge in [-0.25, -0.2) is 4.98 Å². The summed E-state index contributed by atoms with van der Waals surface area (Å²) in [7, 11) is 0. The Morgan fingerprint density at radius 2 is 2.21 bits per heavy atom. The van der Waals surface area contributed by atoms with Gasteiger partial charge in [0.25, 0.3) is 0 Å². The van der Waals surface area contributed by atoms with E-state index >= 15 is 0 Å². The molecule has 6 heteroatoms. The topological polar surface area (TPSA) is 78.3 Å². The summed E-state index contributed by atoms with van der Waals surface area (Å²) in [6.07, 6.45) is 6.28. The Kier molecular flexibility index (Phi) is 5.11. The van der Waals surface area contributed by atoms with Crippen LogP contribution in [0.1, 0.15) is 30.0 Å². The van der Waals surface area contributed by atoms with Crippen molar-refractivity contribution >= 4 is 23.6 Å². The number of carbonyl (C=O) groups excluding carboxylic acids is 1. The van der Waals surface area contributed by atoms with Crippen LogP contribution in [0, 0.1) is 0 Å². The van der Waals surface area contributed by atoms with Gasteiger partial charge in [-0.05, 0) is 17.5 Å². The number of hydrogen-bond donors (Lipinski definition) is 2. The van der Waals surface area contributed by atoms with Gasteiger partial charge in [0.2, 0.25) is 0 Å². The summed E-state index contributed by atoms with van der Waals surface area (Å²) in [4.78, 5) is 23.5. The monoisotopic (exact) mass is 343 g/mol. The van der Waals surface area contributed by atoms with Gasteiger partial charge in [0.05, 0.1) is 11.9 Å². The molecule has 2 aromatic rings. The van der Waals surface area contributed by atoms with Gasteiger partial charge in [-0.15, -0.1) is 0 Å². The number of aliphatic hydroxyl groups is 1. The minimum absolute atomic E-state index is 0.0847. The van der Waals surface area contributed by atoms with Crippen LogP contribution in [0.15, 0.2) is 53.1 Å². The highest BCUT2D eigenvalue weighted by atomic mass is 35.5. The van der Waals surface area contributed by atoms with E-state index in [1.807, 2.05) is 18.2 Å². The van der Waals surface area contributed by atoms with E-state index in [4.69, 9.17) is 11.6 Å². The molecule has 0 saturated heterocycles. The second kappa shape index (κ2) is 7.45. The molecule has 24 heavy (non-hydrogen) atoms. The van der Waals surface area contributed by atoms with Crippen LogP contribution in [-0.4, -0.2) is 33.6 Å². The maximum absolute atomic E-state index is 12.4. The van der Waals surface area contributed by atoms with Crippen molar-refractivity contribution in [1.82, 2.24) is 9.97 Å². The number of halogens is 1. The lowest BCUT2D eigenvalue weighted by molar-refractivity contribution is -0.116. The van der Waals surface area contributed by atoms with E-state index in [2.05, 4.69) is 15.0 Å². The lowest BCUT2D eigenvalue weighted by atomic mass is 9.83. The van der Waals surface area contributed by atoms with Crippen molar-refractivity contribution in [2.75, 3.05) is 6.54 Å². The van der Waals surface area contributed by atoms with Crippen molar-refractivity contribution in [1.29, 1.82) is 0 Å². The molecule has 1 aliphatic rings. The number of nitrogens with zero attached hydrogens (tertiary/aromatic N) is 2. The molecular formula is C18H18ClN3O2. The van der Waals surface area contributed by atoms with Gasteiger partial charge in [-0.1, -0.05) is 29.8 Å². The van der Waals surface area contributed by atoms with Gasteiger partial charge in [0.1, 0.15) is 5.76 Å². The number of hydrogen-bond acceptors (Lipinski definition) is 4. The number of Topliss-reactive ketones (excluding diaryl/α,β-unsaturated/α-hetero) is 1. The molecule has 0 amide bonds. The molecular weight excluding hydrogens is 326 g/mol. The largest absolute Gasteiger partial charge is 0.511 e. The van der Waals surface area contributed by atoms with Gasteiger partial charge in [0.15, 0.2) is 5.78 Å². The Balaban J connectivity index is 1.67. The molecule has 0 aliphatic heterocycles. The number of benzene rings is 1. The van der Waals surface area contributed by atoms with E-state index < -0.39 is 0 Å². The van der Waals surface area contributed by atoms with Crippen LogP contribution in [0.3, 0.4) is 0 Å². The first-order chi connectivity index (χ1) is 11.6. The van der Waals surface area contributed by atoms with Crippen LogP contribution in [0.2, 0.25) is 5.02 Å². The molecule has 3 rings (SSSR count). The highest BCUT2D eigenvalue weighted by molar-refractivity contribution is 6.31. The van der Waals surface area contributed by atoms with Crippen LogP contribution in [0.5, 0.6) is 0 Å². The number of H-pyrrole nitrogens is 1. The normalized spacial score (nSPS) is 18.5. The van der Waals surface area contributed by atoms with Gasteiger partial charge in [-0.2, -0.15) is 0 Å². The van der Waals surface area contributed by atoms with Crippen molar-refractivity contribution in [3.05, 3.63) is 64.4 Å². The average molecular weight is 344 g/mol. The second-order valence-electron chi connectivity index (χ2n) is 5.77. The highest BCUT2D eigenvalue weighted by Gasteiger charge is 2.28. The number of imidazole rings is 1. The summed E-state index contributed by atoms with van der Waals surface area (Å²) in [6.45, 7) is 0.528. The van der Waals surface area contributed by atoms with Crippen molar-refractivity contribution < 1.29 is 9.90 Å². The summed E-state index contributed by atoms with van der Waals surface area (Å²) in [5, 5.41) is 10.9. The maximum atomic E-state index is 12.4. The molecule has 0 saturated carbocycles. The molecule has 1 aliphatic carbocycles. The molecule has 1 aromatic heterocycles. The molecule has 0 radical (unpaired) electrons. The quantitative estimate of drug-likeness (QED) is 0.813. The van der Waals surface area contributed by atoms with E-state index in [0.717, 1.165) is 11.3 Å². The third kappa shape index (κ3) is 3.74. The lowest BCUT2D eigenvalue weighted by Gasteiger charge is -2.23. The van der Waals surface area contributed by atoms with E-state index in [0.29, 0.717) is 36.4 Å². The zero-order valence-electron chi connectivity index (χ0n) is 13.1. The predicted molar refractivity (Wildman–Crippen MR) is 93.7 cm³/mol. The predicted octanol–water partition coefficient (Wildman–Crippen LogP) is 3.64. The van der Waals surface area contributed by atoms with Crippen LogP contribution >= 0.6 is 11.6 Å². The standard InChI is InChI=1S/C18H18ClN3O2/c19-16-4-2-1-3-14(16)12-7-17(23)15(18(24)8-12)10-20-6-5-13-9-21-11-22-13/h1-4,9-12,23H,5-8H2,(H,21,22). The number of carbonyl (C=O) groups is 1. The molecule has 2 N–H and O–H groups in total. The summed E-state index contributed by atoms with van der Waals surface area (Å²) in [6, 6.07) is 7.44. The van der Waals surface area contributed by atoms with Crippen molar-refractivity contribution in [3.8, 4) is 0 Å². The third-order valence-electron chi connectivity index (χ3n) is 4.11. The molecule has 0 spiro atoms. The molecule has 1 atom stereocenters. The number of aromatic amines is 1. The molecule has 0 bridgehead atoms. The number of rotatable bonds is 5. The van der Waals surface area contributed by atoms with Gasteiger partial charge in [-0.3, -0.25) is 9.79 Å². The first kappa shape index (κ1) is 16.5. The fourth-order valence-corrected chi connectivity index (χ4v) is 3.14. The Hall–Kier alpha value is -2.40. The van der Waals surface area contributed by atoms with Gasteiger partial charge < -0.3 is 10.1 Å². The minimum atomic E-state index is -0.103. The van der Waals surface area contributed by atoms with E-state index in [9.17, 15) is 9.90 Å². The number of ketones is 1. The number of nitrogens with one attached hydrogen (secondary N) is 1.